The SMILES string of the molecule is CC(=O)c1sc(NC(=O)C2CCN(S(=O)(=O)c3ccc(C)cc3)CC2)nc1C. The van der Waals surface area contributed by atoms with Crippen molar-refractivity contribution in [2.45, 2.75) is 38.5 Å². The number of ketones is 1. The molecular weight excluding hydrogens is 398 g/mol. The van der Waals surface area contributed by atoms with Crippen molar-refractivity contribution < 1.29 is 18.0 Å². The van der Waals surface area contributed by atoms with E-state index in [1.807, 2.05) is 6.92 Å². The number of aromatic nitrogens is 1. The van der Waals surface area contributed by atoms with Gasteiger partial charge in [0.05, 0.1) is 15.5 Å². The van der Waals surface area contributed by atoms with Crippen LogP contribution in [0, 0.1) is 19.8 Å². The Morgan fingerprint density at radius 1 is 1.14 bits per heavy atom. The van der Waals surface area contributed by atoms with Crippen LogP contribution in [0.2, 0.25) is 0 Å². The molecule has 0 bridgehead atoms. The minimum Gasteiger partial charge on any atom is -0.302 e. The number of rotatable bonds is 5. The number of nitrogens with one attached hydrogen (secondary N) is 1. The van der Waals surface area contributed by atoms with E-state index in [0.717, 1.165) is 16.9 Å². The predicted octanol–water partition coefficient (Wildman–Crippen LogP) is 3.00. The molecule has 1 aliphatic rings. The molecule has 1 amide bonds. The van der Waals surface area contributed by atoms with Crippen LogP contribution >= 0.6 is 11.3 Å². The number of carbonyl (C=O) groups is 2. The maximum absolute atomic E-state index is 12.8. The first-order chi connectivity index (χ1) is 13.2. The molecule has 1 fully saturated rings. The third kappa shape index (κ3) is 4.31. The Labute approximate surface area is 168 Å². The highest BCUT2D eigenvalue weighted by Crippen LogP contribution is 2.27. The Balaban J connectivity index is 1.61. The first kappa shape index (κ1) is 20.6. The van der Waals surface area contributed by atoms with Crippen molar-refractivity contribution in [1.82, 2.24) is 9.29 Å². The van der Waals surface area contributed by atoms with Crippen molar-refractivity contribution >= 4 is 38.2 Å². The highest BCUT2D eigenvalue weighted by Gasteiger charge is 2.32. The van der Waals surface area contributed by atoms with Crippen molar-refractivity contribution in [1.29, 1.82) is 0 Å². The van der Waals surface area contributed by atoms with Gasteiger partial charge in [0.1, 0.15) is 0 Å². The van der Waals surface area contributed by atoms with Gasteiger partial charge >= 0.3 is 0 Å². The molecule has 28 heavy (non-hydrogen) atoms. The molecule has 2 aromatic rings. The van der Waals surface area contributed by atoms with Crippen LogP contribution in [0.25, 0.3) is 0 Å². The number of benzene rings is 1. The summed E-state index contributed by atoms with van der Waals surface area (Å²) in [5, 5.41) is 3.17. The fourth-order valence-corrected chi connectivity index (χ4v) is 5.54. The normalized spacial score (nSPS) is 16.1. The van der Waals surface area contributed by atoms with Crippen LogP contribution in [0.3, 0.4) is 0 Å². The summed E-state index contributed by atoms with van der Waals surface area (Å²) in [6.45, 7) is 5.70. The molecule has 1 aromatic heterocycles. The number of nitrogens with zero attached hydrogens (tertiary/aromatic N) is 2. The lowest BCUT2D eigenvalue weighted by atomic mass is 9.97. The summed E-state index contributed by atoms with van der Waals surface area (Å²) in [4.78, 5) is 29.1. The largest absolute Gasteiger partial charge is 0.302 e. The first-order valence-corrected chi connectivity index (χ1v) is 11.3. The summed E-state index contributed by atoms with van der Waals surface area (Å²) in [6.07, 6.45) is 0.891. The Bertz CT molecular complexity index is 989. The van der Waals surface area contributed by atoms with E-state index in [4.69, 9.17) is 0 Å². The average Bonchev–Trinajstić information content (AvgIpc) is 3.02. The highest BCUT2D eigenvalue weighted by atomic mass is 32.2. The maximum atomic E-state index is 12.8. The predicted molar refractivity (Wildman–Crippen MR) is 108 cm³/mol. The Morgan fingerprint density at radius 2 is 1.75 bits per heavy atom. The topological polar surface area (TPSA) is 96.4 Å². The van der Waals surface area contributed by atoms with Crippen molar-refractivity contribution in [2.75, 3.05) is 18.4 Å². The lowest BCUT2D eigenvalue weighted by Crippen LogP contribution is -2.41. The number of sulfonamides is 1. The first-order valence-electron chi connectivity index (χ1n) is 9.04. The fourth-order valence-electron chi connectivity index (χ4n) is 3.20. The van der Waals surface area contributed by atoms with Gasteiger partial charge in [0.25, 0.3) is 0 Å². The van der Waals surface area contributed by atoms with Crippen molar-refractivity contribution in [3.63, 3.8) is 0 Å². The molecule has 1 N–H and O–H groups in total. The average molecular weight is 422 g/mol. The molecular formula is C19H23N3O4S2. The molecule has 0 radical (unpaired) electrons. The van der Waals surface area contributed by atoms with Crippen LogP contribution in [0.4, 0.5) is 5.13 Å². The lowest BCUT2D eigenvalue weighted by Gasteiger charge is -2.30. The van der Waals surface area contributed by atoms with E-state index < -0.39 is 10.0 Å². The zero-order chi connectivity index (χ0) is 20.5. The number of piperidine rings is 1. The minimum absolute atomic E-state index is 0.0786. The van der Waals surface area contributed by atoms with Gasteiger partial charge in [0, 0.05) is 25.9 Å². The number of carbonyl (C=O) groups excluding carboxylic acids is 2. The molecule has 150 valence electrons. The molecule has 0 aliphatic carbocycles. The number of hydrogen-bond acceptors (Lipinski definition) is 6. The molecule has 9 heteroatoms. The quantitative estimate of drug-likeness (QED) is 0.749. The van der Waals surface area contributed by atoms with E-state index in [1.54, 1.807) is 31.2 Å². The Morgan fingerprint density at radius 3 is 2.29 bits per heavy atom. The number of thiazole rings is 1. The molecule has 0 spiro atoms. The van der Waals surface area contributed by atoms with Gasteiger partial charge < -0.3 is 5.32 Å². The van der Waals surface area contributed by atoms with E-state index in [0.29, 0.717) is 41.6 Å². The summed E-state index contributed by atoms with van der Waals surface area (Å²) in [7, 11) is -3.54. The monoisotopic (exact) mass is 421 g/mol. The minimum atomic E-state index is -3.54. The standard InChI is InChI=1S/C19H23N3O4S2/c1-12-4-6-16(7-5-12)28(25,26)22-10-8-15(9-11-22)18(24)21-19-20-13(2)17(27-19)14(3)23/h4-7,15H,8-11H2,1-3H3,(H,20,21,24). The van der Waals surface area contributed by atoms with E-state index in [9.17, 15) is 18.0 Å². The third-order valence-electron chi connectivity index (χ3n) is 4.83. The smallest absolute Gasteiger partial charge is 0.243 e. The van der Waals surface area contributed by atoms with E-state index in [1.165, 1.54) is 11.2 Å². The molecule has 1 aromatic carbocycles. The number of amides is 1. The Kier molecular flexibility index (Phi) is 5.97. The second-order valence-electron chi connectivity index (χ2n) is 6.97. The highest BCUT2D eigenvalue weighted by molar-refractivity contribution is 7.89. The van der Waals surface area contributed by atoms with E-state index in [2.05, 4.69) is 10.3 Å². The van der Waals surface area contributed by atoms with Gasteiger partial charge in [0.2, 0.25) is 15.9 Å². The summed E-state index contributed by atoms with van der Waals surface area (Å²) in [6, 6.07) is 6.78. The van der Waals surface area contributed by atoms with Crippen molar-refractivity contribution in [2.24, 2.45) is 5.92 Å². The maximum Gasteiger partial charge on any atom is 0.243 e. The van der Waals surface area contributed by atoms with Gasteiger partial charge in [0.15, 0.2) is 10.9 Å². The van der Waals surface area contributed by atoms with Gasteiger partial charge in [-0.2, -0.15) is 4.31 Å². The van der Waals surface area contributed by atoms with Crippen molar-refractivity contribution in [3.8, 4) is 0 Å². The molecule has 0 unspecified atom stereocenters. The number of anilines is 1. The Hall–Kier alpha value is -2.10. The molecule has 1 saturated heterocycles. The molecule has 0 saturated carbocycles. The van der Waals surface area contributed by atoms with Crippen LogP contribution in [0.1, 0.15) is 40.7 Å². The zero-order valence-electron chi connectivity index (χ0n) is 16.1. The van der Waals surface area contributed by atoms with Crippen molar-refractivity contribution in [3.05, 3.63) is 40.4 Å². The van der Waals surface area contributed by atoms with E-state index in [-0.39, 0.29) is 22.5 Å². The summed E-state index contributed by atoms with van der Waals surface area (Å²) in [5.74, 6) is -0.546. The summed E-state index contributed by atoms with van der Waals surface area (Å²) >= 11 is 1.16. The molecule has 1 aliphatic heterocycles. The molecule has 0 atom stereocenters. The fraction of sp³-hybridized carbons (Fsp3) is 0.421. The van der Waals surface area contributed by atoms with Crippen LogP contribution in [0.15, 0.2) is 29.2 Å². The van der Waals surface area contributed by atoms with Crippen LogP contribution < -0.4 is 5.32 Å². The summed E-state index contributed by atoms with van der Waals surface area (Å²) in [5.41, 5.74) is 1.60. The number of Topliss-reactive ketones (excluding diaryl/α,β-unsaturated/α-hetero) is 1. The second-order valence-corrected chi connectivity index (χ2v) is 9.91. The zero-order valence-corrected chi connectivity index (χ0v) is 17.7. The van der Waals surface area contributed by atoms with Gasteiger partial charge in [-0.15, -0.1) is 0 Å². The van der Waals surface area contributed by atoms with Gasteiger partial charge in [-0.05, 0) is 38.8 Å². The second kappa shape index (κ2) is 8.10. The molecule has 2 heterocycles. The van der Waals surface area contributed by atoms with Gasteiger partial charge in [-0.3, -0.25) is 9.59 Å². The summed E-state index contributed by atoms with van der Waals surface area (Å²) < 4.78 is 26.9. The van der Waals surface area contributed by atoms with Crippen LogP contribution in [0.5, 0.6) is 0 Å². The molecule has 7 nitrogen and oxygen atoms in total. The third-order valence-corrected chi connectivity index (χ3v) is 7.92. The van der Waals surface area contributed by atoms with Gasteiger partial charge in [-0.1, -0.05) is 29.0 Å². The number of aryl methyl sites for hydroxylation is 2. The molecule has 3 rings (SSSR count). The van der Waals surface area contributed by atoms with Gasteiger partial charge in [-0.25, -0.2) is 13.4 Å². The van der Waals surface area contributed by atoms with Crippen LogP contribution in [-0.4, -0.2) is 42.5 Å². The number of hydrogen-bond donors (Lipinski definition) is 1. The lowest BCUT2D eigenvalue weighted by molar-refractivity contribution is -0.120. The van der Waals surface area contributed by atoms with Crippen LogP contribution in [-0.2, 0) is 14.8 Å². The van der Waals surface area contributed by atoms with E-state index >= 15 is 0 Å².